The van der Waals surface area contributed by atoms with E-state index in [1.54, 1.807) is 0 Å². The quantitative estimate of drug-likeness (QED) is 0.283. The van der Waals surface area contributed by atoms with Crippen molar-refractivity contribution in [2.75, 3.05) is 6.61 Å². The number of hydrogen-bond acceptors (Lipinski definition) is 3. The first kappa shape index (κ1) is 18.6. The van der Waals surface area contributed by atoms with Crippen molar-refractivity contribution < 1.29 is 35.5 Å². The minimum atomic E-state index is -6.43. The Morgan fingerprint density at radius 3 is 2.39 bits per heavy atom. The number of halogens is 7. The number of benzene rings is 1. The molecule has 0 heterocycles. The van der Waals surface area contributed by atoms with Crippen molar-refractivity contribution >= 4 is 6.21 Å². The van der Waals surface area contributed by atoms with E-state index in [9.17, 15) is 30.7 Å². The standard InChI is InChI=1S/C13H9F7N2O/c1-2-6-23-10-5-3-4-9(7-10)8-21-22-13(19,20)11(14,15)12(16,17)18/h1,3-5,7-8,22H,6H2/b21-8-. The molecule has 0 atom stereocenters. The molecular weight excluding hydrogens is 333 g/mol. The molecule has 10 heteroatoms. The lowest BCUT2D eigenvalue weighted by Gasteiger charge is -2.27. The molecule has 1 rings (SSSR count). The summed E-state index contributed by atoms with van der Waals surface area (Å²) in [6, 6.07) is -0.139. The van der Waals surface area contributed by atoms with Crippen molar-refractivity contribution in [2.45, 2.75) is 18.1 Å². The summed E-state index contributed by atoms with van der Waals surface area (Å²) in [4.78, 5) is 0. The molecule has 0 amide bonds. The first-order chi connectivity index (χ1) is 10.5. The largest absolute Gasteiger partial charge is 0.481 e. The number of rotatable bonds is 6. The Kier molecular flexibility index (Phi) is 5.47. The van der Waals surface area contributed by atoms with E-state index in [-0.39, 0.29) is 17.9 Å². The van der Waals surface area contributed by atoms with E-state index in [1.165, 1.54) is 24.3 Å². The maximum atomic E-state index is 12.9. The third-order valence-corrected chi connectivity index (χ3v) is 2.35. The molecule has 0 radical (unpaired) electrons. The molecule has 3 nitrogen and oxygen atoms in total. The van der Waals surface area contributed by atoms with Crippen LogP contribution in [0.1, 0.15) is 5.56 Å². The van der Waals surface area contributed by atoms with Crippen LogP contribution in [-0.4, -0.2) is 31.0 Å². The summed E-state index contributed by atoms with van der Waals surface area (Å²) in [7, 11) is 0. The average molecular weight is 342 g/mol. The first-order valence-corrected chi connectivity index (χ1v) is 5.80. The fourth-order valence-corrected chi connectivity index (χ4v) is 1.25. The number of alkyl halides is 7. The van der Waals surface area contributed by atoms with Crippen molar-refractivity contribution in [3.05, 3.63) is 29.8 Å². The van der Waals surface area contributed by atoms with Crippen molar-refractivity contribution in [2.24, 2.45) is 5.10 Å². The summed E-state index contributed by atoms with van der Waals surface area (Å²) in [6.45, 7) is -0.0747. The molecule has 0 bridgehead atoms. The Labute approximate surface area is 126 Å². The van der Waals surface area contributed by atoms with E-state index < -0.39 is 18.1 Å². The summed E-state index contributed by atoms with van der Waals surface area (Å²) in [5, 5.41) is 2.71. The molecule has 126 valence electrons. The highest BCUT2D eigenvalue weighted by atomic mass is 19.4. The second-order valence-electron chi connectivity index (χ2n) is 4.08. The second-order valence-corrected chi connectivity index (χ2v) is 4.08. The van der Waals surface area contributed by atoms with Crippen LogP contribution in [0.2, 0.25) is 0 Å². The molecule has 1 aromatic carbocycles. The van der Waals surface area contributed by atoms with Gasteiger partial charge in [-0.15, -0.1) is 6.42 Å². The highest BCUT2D eigenvalue weighted by molar-refractivity contribution is 5.79. The maximum Gasteiger partial charge on any atom is 0.462 e. The number of ether oxygens (including phenoxy) is 1. The Balaban J connectivity index is 2.81. The van der Waals surface area contributed by atoms with Gasteiger partial charge in [-0.1, -0.05) is 18.1 Å². The van der Waals surface area contributed by atoms with Gasteiger partial charge in [0.1, 0.15) is 12.4 Å². The molecule has 0 fully saturated rings. The van der Waals surface area contributed by atoms with Crippen molar-refractivity contribution in [1.29, 1.82) is 0 Å². The third-order valence-electron chi connectivity index (χ3n) is 2.35. The first-order valence-electron chi connectivity index (χ1n) is 5.80. The molecular formula is C13H9F7N2O. The maximum absolute atomic E-state index is 12.9. The number of hydrazone groups is 1. The van der Waals surface area contributed by atoms with E-state index in [0.717, 1.165) is 0 Å². The van der Waals surface area contributed by atoms with Gasteiger partial charge in [0.15, 0.2) is 0 Å². The Morgan fingerprint density at radius 1 is 1.17 bits per heavy atom. The summed E-state index contributed by atoms with van der Waals surface area (Å²) < 4.78 is 91.7. The van der Waals surface area contributed by atoms with E-state index >= 15 is 0 Å². The predicted octanol–water partition coefficient (Wildman–Crippen LogP) is 3.41. The molecule has 23 heavy (non-hydrogen) atoms. The van der Waals surface area contributed by atoms with Gasteiger partial charge in [-0.05, 0) is 17.7 Å². The van der Waals surface area contributed by atoms with E-state index in [1.807, 2.05) is 0 Å². The fraction of sp³-hybridized carbons (Fsp3) is 0.308. The van der Waals surface area contributed by atoms with Crippen LogP contribution in [-0.2, 0) is 0 Å². The van der Waals surface area contributed by atoms with Gasteiger partial charge in [0.05, 0.1) is 6.21 Å². The summed E-state index contributed by atoms with van der Waals surface area (Å²) in [5.41, 5.74) is 0.619. The van der Waals surface area contributed by atoms with Crippen LogP contribution in [0.15, 0.2) is 29.4 Å². The topological polar surface area (TPSA) is 33.6 Å². The Bertz CT molecular complexity index is 605. The van der Waals surface area contributed by atoms with Gasteiger partial charge in [0.2, 0.25) is 0 Å². The predicted molar refractivity (Wildman–Crippen MR) is 67.4 cm³/mol. The van der Waals surface area contributed by atoms with Crippen molar-refractivity contribution in [1.82, 2.24) is 5.43 Å². The van der Waals surface area contributed by atoms with Crippen LogP contribution >= 0.6 is 0 Å². The zero-order valence-corrected chi connectivity index (χ0v) is 11.2. The monoisotopic (exact) mass is 342 g/mol. The average Bonchev–Trinajstić information content (AvgIpc) is 2.44. The minimum absolute atomic E-state index is 0.0747. The van der Waals surface area contributed by atoms with Gasteiger partial charge in [-0.3, -0.25) is 0 Å². The lowest BCUT2D eigenvalue weighted by atomic mass is 10.2. The van der Waals surface area contributed by atoms with Gasteiger partial charge in [0.25, 0.3) is 0 Å². The summed E-state index contributed by atoms with van der Waals surface area (Å²) in [6.07, 6.45) is -0.840. The molecule has 0 aliphatic carbocycles. The van der Waals surface area contributed by atoms with E-state index in [4.69, 9.17) is 11.2 Å². The SMILES string of the molecule is C#CCOc1cccc(/C=N\NC(F)(F)C(F)(F)C(F)(F)F)c1. The Morgan fingerprint density at radius 2 is 1.83 bits per heavy atom. The lowest BCUT2D eigenvalue weighted by molar-refractivity contribution is -0.361. The number of nitrogens with zero attached hydrogens (tertiary/aromatic N) is 1. The molecule has 0 unspecified atom stereocenters. The van der Waals surface area contributed by atoms with Crippen LogP contribution in [0, 0.1) is 12.3 Å². The summed E-state index contributed by atoms with van der Waals surface area (Å²) >= 11 is 0. The third kappa shape index (κ3) is 4.51. The van der Waals surface area contributed by atoms with E-state index in [0.29, 0.717) is 11.6 Å². The lowest BCUT2D eigenvalue weighted by Crippen LogP contribution is -2.58. The fourth-order valence-electron chi connectivity index (χ4n) is 1.25. The molecule has 1 aromatic rings. The molecule has 0 aliphatic heterocycles. The van der Waals surface area contributed by atoms with Crippen LogP contribution in [0.4, 0.5) is 30.7 Å². The van der Waals surface area contributed by atoms with Crippen LogP contribution < -0.4 is 10.2 Å². The minimum Gasteiger partial charge on any atom is -0.481 e. The summed E-state index contributed by atoms with van der Waals surface area (Å²) in [5.74, 6) is -3.88. The molecule has 0 saturated carbocycles. The normalized spacial score (nSPS) is 13.0. The van der Waals surface area contributed by atoms with E-state index in [2.05, 4.69) is 11.0 Å². The van der Waals surface area contributed by atoms with Crippen molar-refractivity contribution in [3.8, 4) is 18.1 Å². The highest BCUT2D eigenvalue weighted by Gasteiger charge is 2.73. The van der Waals surface area contributed by atoms with Gasteiger partial charge in [-0.25, -0.2) is 5.43 Å². The van der Waals surface area contributed by atoms with Crippen LogP contribution in [0.3, 0.4) is 0 Å². The zero-order valence-electron chi connectivity index (χ0n) is 11.2. The molecule has 0 saturated heterocycles. The van der Waals surface area contributed by atoms with Gasteiger partial charge >= 0.3 is 18.1 Å². The number of hydrogen-bond donors (Lipinski definition) is 1. The number of nitrogens with one attached hydrogen (secondary N) is 1. The van der Waals surface area contributed by atoms with Crippen LogP contribution in [0.5, 0.6) is 5.75 Å². The van der Waals surface area contributed by atoms with Gasteiger partial charge in [0, 0.05) is 0 Å². The highest BCUT2D eigenvalue weighted by Crippen LogP contribution is 2.44. The Hall–Kier alpha value is -2.44. The molecule has 0 spiro atoms. The molecule has 1 N–H and O–H groups in total. The number of terminal acetylenes is 1. The van der Waals surface area contributed by atoms with Gasteiger partial charge in [-0.2, -0.15) is 35.8 Å². The second kappa shape index (κ2) is 6.76. The smallest absolute Gasteiger partial charge is 0.462 e. The zero-order chi connectivity index (χ0) is 17.7. The van der Waals surface area contributed by atoms with Crippen molar-refractivity contribution in [3.63, 3.8) is 0 Å². The van der Waals surface area contributed by atoms with Crippen LogP contribution in [0.25, 0.3) is 0 Å². The van der Waals surface area contributed by atoms with Gasteiger partial charge < -0.3 is 4.74 Å². The molecule has 0 aliphatic rings. The molecule has 0 aromatic heterocycles.